The topological polar surface area (TPSA) is 108 Å². The van der Waals surface area contributed by atoms with Gasteiger partial charge >= 0.3 is 0 Å². The zero-order valence-corrected chi connectivity index (χ0v) is 44.9. The smallest absolute Gasteiger partial charge is 0.268 e. The number of unbranched alkanes of at least 4 members (excludes halogenated alkanes) is 37. The molecule has 0 bridgehead atoms. The van der Waals surface area contributed by atoms with Crippen LogP contribution in [0.5, 0.6) is 0 Å². The Bertz CT molecular complexity index is 1110. The van der Waals surface area contributed by atoms with Crippen LogP contribution >= 0.6 is 7.82 Å². The van der Waals surface area contributed by atoms with Crippen molar-refractivity contribution in [2.75, 3.05) is 40.9 Å². The summed E-state index contributed by atoms with van der Waals surface area (Å²) in [7, 11) is 1.27. The highest BCUT2D eigenvalue weighted by Crippen LogP contribution is 2.38. The van der Waals surface area contributed by atoms with Crippen LogP contribution in [0.25, 0.3) is 0 Å². The van der Waals surface area contributed by atoms with Crippen LogP contribution in [0.15, 0.2) is 24.3 Å². The first-order valence-electron chi connectivity index (χ1n) is 28.2. The molecule has 1 amide bonds. The average molecular weight is 939 g/mol. The van der Waals surface area contributed by atoms with Crippen LogP contribution in [-0.4, -0.2) is 68.5 Å². The molecule has 0 rings (SSSR count). The Hall–Kier alpha value is -1.02. The monoisotopic (exact) mass is 939 g/mol. The lowest BCUT2D eigenvalue weighted by Gasteiger charge is -2.29. The van der Waals surface area contributed by atoms with E-state index in [9.17, 15) is 19.4 Å². The van der Waals surface area contributed by atoms with Gasteiger partial charge in [-0.3, -0.25) is 9.36 Å². The van der Waals surface area contributed by atoms with Gasteiger partial charge in [0.1, 0.15) is 13.2 Å². The van der Waals surface area contributed by atoms with Crippen molar-refractivity contribution in [3.8, 4) is 0 Å². The summed E-state index contributed by atoms with van der Waals surface area (Å²) in [6.45, 7) is 4.58. The van der Waals surface area contributed by atoms with Crippen molar-refractivity contribution in [2.45, 2.75) is 289 Å². The second kappa shape index (κ2) is 48.0. The van der Waals surface area contributed by atoms with E-state index in [1.165, 1.54) is 212 Å². The molecule has 2 N–H and O–H groups in total. The second-order valence-electron chi connectivity index (χ2n) is 20.6. The SMILES string of the molecule is CCCCCC/C=C/C(O)C(COP(=O)([O-])OCC[N+](C)(C)C)NC(=O)CCCCCCCCCCCCCCCCCCCCCCCCCCC/C=C\CCCCCCCCCC. The van der Waals surface area contributed by atoms with Crippen molar-refractivity contribution < 1.29 is 32.9 Å². The van der Waals surface area contributed by atoms with Crippen molar-refractivity contribution in [3.63, 3.8) is 0 Å². The summed E-state index contributed by atoms with van der Waals surface area (Å²) in [4.78, 5) is 25.2. The standard InChI is InChI=1S/C56H111N2O6P/c1-6-8-10-12-14-15-16-17-18-19-20-21-22-23-24-25-26-27-28-29-30-31-32-33-34-35-36-37-38-39-40-41-42-43-44-46-48-50-56(60)57-54(55(59)49-47-45-13-11-9-7-2)53-64-65(61,62)63-52-51-58(3,4)5/h19-20,47,49,54-55,59H,6-18,21-46,48,50-53H2,1-5H3,(H-,57,60,61,62)/b20-19-,49-47+. The number of carbonyl (C=O) groups excluding carboxylic acids is 1. The summed E-state index contributed by atoms with van der Waals surface area (Å²) in [6, 6.07) is -0.879. The van der Waals surface area contributed by atoms with E-state index in [0.29, 0.717) is 17.4 Å². The lowest BCUT2D eigenvalue weighted by molar-refractivity contribution is -0.870. The zero-order valence-electron chi connectivity index (χ0n) is 44.0. The number of phosphoric acid groups is 1. The van der Waals surface area contributed by atoms with Gasteiger partial charge < -0.3 is 28.8 Å². The van der Waals surface area contributed by atoms with Crippen molar-refractivity contribution in [1.29, 1.82) is 0 Å². The maximum Gasteiger partial charge on any atom is 0.268 e. The van der Waals surface area contributed by atoms with Gasteiger partial charge in [0, 0.05) is 6.42 Å². The summed E-state index contributed by atoms with van der Waals surface area (Å²) >= 11 is 0. The predicted molar refractivity (Wildman–Crippen MR) is 279 cm³/mol. The average Bonchev–Trinajstić information content (AvgIpc) is 3.26. The molecule has 386 valence electrons. The fraction of sp³-hybridized carbons (Fsp3) is 0.911. The van der Waals surface area contributed by atoms with Crippen LogP contribution in [0.4, 0.5) is 0 Å². The Balaban J connectivity index is 3.71. The predicted octanol–water partition coefficient (Wildman–Crippen LogP) is 16.2. The van der Waals surface area contributed by atoms with E-state index in [-0.39, 0.29) is 19.1 Å². The number of quaternary nitrogens is 1. The van der Waals surface area contributed by atoms with E-state index in [0.717, 1.165) is 44.9 Å². The third-order valence-corrected chi connectivity index (χ3v) is 13.9. The van der Waals surface area contributed by atoms with Crippen LogP contribution in [0.1, 0.15) is 277 Å². The molecule has 0 fully saturated rings. The summed E-state index contributed by atoms with van der Waals surface area (Å²) in [5.41, 5.74) is 0. The number of hydrogen-bond donors (Lipinski definition) is 2. The van der Waals surface area contributed by atoms with Gasteiger partial charge in [0.25, 0.3) is 7.82 Å². The number of aliphatic hydroxyl groups is 1. The summed E-state index contributed by atoms with van der Waals surface area (Å²) < 4.78 is 23.1. The third-order valence-electron chi connectivity index (χ3n) is 12.9. The van der Waals surface area contributed by atoms with Crippen LogP contribution in [0.2, 0.25) is 0 Å². The molecule has 3 unspecified atom stereocenters. The highest BCUT2D eigenvalue weighted by Gasteiger charge is 2.23. The molecule has 9 heteroatoms. The van der Waals surface area contributed by atoms with Crippen LogP contribution in [0.3, 0.4) is 0 Å². The molecule has 0 spiro atoms. The minimum atomic E-state index is -4.57. The zero-order chi connectivity index (χ0) is 47.8. The maximum absolute atomic E-state index is 12.8. The molecule has 0 aromatic carbocycles. The van der Waals surface area contributed by atoms with E-state index >= 15 is 0 Å². The molecule has 0 aliphatic rings. The molecule has 0 aliphatic heterocycles. The third kappa shape index (κ3) is 50.7. The molecular weight excluding hydrogens is 828 g/mol. The Morgan fingerprint density at radius 1 is 0.523 bits per heavy atom. The molecule has 3 atom stereocenters. The van der Waals surface area contributed by atoms with Crippen molar-refractivity contribution in [1.82, 2.24) is 5.32 Å². The Labute approximate surface area is 404 Å². The lowest BCUT2D eigenvalue weighted by Crippen LogP contribution is -2.45. The highest BCUT2D eigenvalue weighted by atomic mass is 31.2. The van der Waals surface area contributed by atoms with Gasteiger partial charge in [0.05, 0.1) is 39.9 Å². The van der Waals surface area contributed by atoms with Crippen molar-refractivity contribution in [3.05, 3.63) is 24.3 Å². The van der Waals surface area contributed by atoms with Crippen LogP contribution in [0, 0.1) is 0 Å². The van der Waals surface area contributed by atoms with Gasteiger partial charge in [0.15, 0.2) is 0 Å². The minimum absolute atomic E-state index is 0.000530. The molecule has 65 heavy (non-hydrogen) atoms. The first-order valence-corrected chi connectivity index (χ1v) is 29.7. The molecule has 0 aliphatic carbocycles. The number of carbonyl (C=O) groups is 1. The van der Waals surface area contributed by atoms with Crippen LogP contribution < -0.4 is 10.2 Å². The first-order chi connectivity index (χ1) is 31.5. The maximum atomic E-state index is 12.8. The fourth-order valence-corrected chi connectivity index (χ4v) is 9.17. The van der Waals surface area contributed by atoms with E-state index in [4.69, 9.17) is 9.05 Å². The van der Waals surface area contributed by atoms with Gasteiger partial charge in [0.2, 0.25) is 5.91 Å². The lowest BCUT2D eigenvalue weighted by atomic mass is 10.0. The van der Waals surface area contributed by atoms with E-state index in [2.05, 4.69) is 31.3 Å². The number of nitrogens with one attached hydrogen (secondary N) is 1. The number of phosphoric ester groups is 1. The van der Waals surface area contributed by atoms with Crippen molar-refractivity contribution in [2.24, 2.45) is 0 Å². The molecule has 0 saturated carbocycles. The Morgan fingerprint density at radius 2 is 0.846 bits per heavy atom. The number of amides is 1. The van der Waals surface area contributed by atoms with Gasteiger partial charge in [-0.2, -0.15) is 0 Å². The second-order valence-corrected chi connectivity index (χ2v) is 22.1. The van der Waals surface area contributed by atoms with Crippen molar-refractivity contribution >= 4 is 13.7 Å². The van der Waals surface area contributed by atoms with Gasteiger partial charge in [-0.1, -0.05) is 250 Å². The molecule has 0 radical (unpaired) electrons. The molecular formula is C56H111N2O6P. The largest absolute Gasteiger partial charge is 0.756 e. The normalized spacial score (nSPS) is 14.1. The van der Waals surface area contributed by atoms with E-state index in [1.807, 2.05) is 27.2 Å². The summed E-state index contributed by atoms with van der Waals surface area (Å²) in [6.07, 6.45) is 60.4. The molecule has 0 aromatic rings. The Morgan fingerprint density at radius 3 is 1.22 bits per heavy atom. The van der Waals surface area contributed by atoms with Gasteiger partial charge in [-0.05, 0) is 44.9 Å². The number of likely N-dealkylation sites (N-methyl/N-ethyl adjacent to an activating group) is 1. The van der Waals surface area contributed by atoms with E-state index in [1.54, 1.807) is 6.08 Å². The first kappa shape index (κ1) is 64.0. The number of nitrogens with zero attached hydrogens (tertiary/aromatic N) is 1. The Kier molecular flexibility index (Phi) is 47.3. The number of rotatable bonds is 52. The molecule has 0 heterocycles. The molecule has 0 aromatic heterocycles. The highest BCUT2D eigenvalue weighted by molar-refractivity contribution is 7.45. The quantitative estimate of drug-likeness (QED) is 0.0272. The van der Waals surface area contributed by atoms with Crippen LogP contribution in [-0.2, 0) is 18.4 Å². The van der Waals surface area contributed by atoms with Gasteiger partial charge in [-0.15, -0.1) is 0 Å². The molecule has 8 nitrogen and oxygen atoms in total. The number of allylic oxidation sites excluding steroid dienone is 3. The molecule has 0 saturated heterocycles. The number of hydrogen-bond acceptors (Lipinski definition) is 6. The fourth-order valence-electron chi connectivity index (χ4n) is 8.44. The van der Waals surface area contributed by atoms with E-state index < -0.39 is 20.0 Å². The number of aliphatic hydroxyl groups excluding tert-OH is 1. The van der Waals surface area contributed by atoms with Gasteiger partial charge in [-0.25, -0.2) is 0 Å². The summed E-state index contributed by atoms with van der Waals surface area (Å²) in [5, 5.41) is 13.6. The summed E-state index contributed by atoms with van der Waals surface area (Å²) in [5.74, 6) is -0.198. The minimum Gasteiger partial charge on any atom is -0.756 e.